The van der Waals surface area contributed by atoms with Crippen LogP contribution in [0.5, 0.6) is 0 Å². The molecular formula is C12H17N. The normalized spacial score (nSPS) is 27.0. The topological polar surface area (TPSA) is 26.0 Å². The Bertz CT molecular complexity index is 326. The first kappa shape index (κ1) is 8.76. The molecule has 1 aromatic carbocycles. The van der Waals surface area contributed by atoms with E-state index in [1.807, 2.05) is 0 Å². The van der Waals surface area contributed by atoms with Gasteiger partial charge in [0.2, 0.25) is 0 Å². The van der Waals surface area contributed by atoms with E-state index in [1.54, 1.807) is 0 Å². The van der Waals surface area contributed by atoms with Gasteiger partial charge in [0.25, 0.3) is 0 Å². The molecule has 13 heavy (non-hydrogen) atoms. The summed E-state index contributed by atoms with van der Waals surface area (Å²) in [5.74, 6) is 0. The van der Waals surface area contributed by atoms with Gasteiger partial charge in [-0.05, 0) is 44.2 Å². The Hall–Kier alpha value is -0.820. The Morgan fingerprint density at radius 1 is 1.31 bits per heavy atom. The van der Waals surface area contributed by atoms with Gasteiger partial charge in [-0.2, -0.15) is 0 Å². The number of benzene rings is 1. The maximum atomic E-state index is 6.14. The predicted octanol–water partition coefficient (Wildman–Crippen LogP) is 2.20. The highest BCUT2D eigenvalue weighted by Crippen LogP contribution is 2.27. The molecule has 1 nitrogen and oxygen atoms in total. The summed E-state index contributed by atoms with van der Waals surface area (Å²) >= 11 is 0. The van der Waals surface area contributed by atoms with Crippen LogP contribution in [0.25, 0.3) is 0 Å². The van der Waals surface area contributed by atoms with Gasteiger partial charge < -0.3 is 5.73 Å². The maximum Gasteiger partial charge on any atom is 0.0169 e. The average Bonchev–Trinajstić information content (AvgIpc) is 2.01. The van der Waals surface area contributed by atoms with Crippen molar-refractivity contribution in [2.75, 3.05) is 0 Å². The van der Waals surface area contributed by atoms with Crippen LogP contribution < -0.4 is 5.73 Å². The van der Waals surface area contributed by atoms with Crippen LogP contribution in [0.4, 0.5) is 0 Å². The third kappa shape index (κ3) is 1.75. The molecule has 0 aliphatic heterocycles. The van der Waals surface area contributed by atoms with E-state index >= 15 is 0 Å². The highest BCUT2D eigenvalue weighted by Gasteiger charge is 2.25. The molecule has 0 spiro atoms. The lowest BCUT2D eigenvalue weighted by Crippen LogP contribution is -2.41. The van der Waals surface area contributed by atoms with Crippen LogP contribution in [-0.2, 0) is 12.8 Å². The molecule has 1 heteroatoms. The Balaban J connectivity index is 2.38. The van der Waals surface area contributed by atoms with Gasteiger partial charge in [-0.3, -0.25) is 0 Å². The first-order chi connectivity index (χ1) is 6.07. The smallest absolute Gasteiger partial charge is 0.0169 e. The molecule has 0 heterocycles. The van der Waals surface area contributed by atoms with Gasteiger partial charge in [-0.1, -0.05) is 23.8 Å². The van der Waals surface area contributed by atoms with Gasteiger partial charge in [0.15, 0.2) is 0 Å². The van der Waals surface area contributed by atoms with Crippen LogP contribution in [0, 0.1) is 6.92 Å². The third-order valence-corrected chi connectivity index (χ3v) is 2.92. The zero-order valence-electron chi connectivity index (χ0n) is 8.43. The lowest BCUT2D eigenvalue weighted by molar-refractivity contribution is 0.408. The van der Waals surface area contributed by atoms with E-state index in [-0.39, 0.29) is 5.54 Å². The number of nitrogens with two attached hydrogens (primary N) is 1. The van der Waals surface area contributed by atoms with Crippen molar-refractivity contribution in [1.29, 1.82) is 0 Å². The van der Waals surface area contributed by atoms with Crippen LogP contribution in [-0.4, -0.2) is 5.54 Å². The van der Waals surface area contributed by atoms with E-state index in [4.69, 9.17) is 5.73 Å². The number of hydrogen-bond donors (Lipinski definition) is 1. The Morgan fingerprint density at radius 2 is 2.08 bits per heavy atom. The Labute approximate surface area is 80.0 Å². The molecule has 0 fully saturated rings. The molecule has 0 bridgehead atoms. The fraction of sp³-hybridized carbons (Fsp3) is 0.500. The summed E-state index contributed by atoms with van der Waals surface area (Å²) < 4.78 is 0. The zero-order valence-corrected chi connectivity index (χ0v) is 8.43. The third-order valence-electron chi connectivity index (χ3n) is 2.92. The van der Waals surface area contributed by atoms with Gasteiger partial charge in [-0.25, -0.2) is 0 Å². The number of fused-ring (bicyclic) bond motifs is 1. The quantitative estimate of drug-likeness (QED) is 0.642. The summed E-state index contributed by atoms with van der Waals surface area (Å²) in [7, 11) is 0. The lowest BCUT2D eigenvalue weighted by atomic mass is 9.79. The van der Waals surface area contributed by atoms with E-state index in [1.165, 1.54) is 16.7 Å². The minimum Gasteiger partial charge on any atom is -0.325 e. The van der Waals surface area contributed by atoms with E-state index in [0.29, 0.717) is 0 Å². The van der Waals surface area contributed by atoms with E-state index in [2.05, 4.69) is 32.0 Å². The van der Waals surface area contributed by atoms with Crippen LogP contribution in [0.3, 0.4) is 0 Å². The molecule has 1 unspecified atom stereocenters. The van der Waals surface area contributed by atoms with E-state index < -0.39 is 0 Å². The van der Waals surface area contributed by atoms with E-state index in [9.17, 15) is 0 Å². The lowest BCUT2D eigenvalue weighted by Gasteiger charge is -2.31. The highest BCUT2D eigenvalue weighted by atomic mass is 14.7. The summed E-state index contributed by atoms with van der Waals surface area (Å²) in [6.45, 7) is 4.29. The summed E-state index contributed by atoms with van der Waals surface area (Å²) in [6, 6.07) is 6.72. The molecule has 1 aromatic rings. The second kappa shape index (κ2) is 2.85. The summed E-state index contributed by atoms with van der Waals surface area (Å²) in [6.07, 6.45) is 3.29. The van der Waals surface area contributed by atoms with Gasteiger partial charge in [0, 0.05) is 5.54 Å². The highest BCUT2D eigenvalue weighted by molar-refractivity contribution is 5.35. The van der Waals surface area contributed by atoms with Crippen molar-refractivity contribution < 1.29 is 0 Å². The van der Waals surface area contributed by atoms with Gasteiger partial charge in [0.1, 0.15) is 0 Å². The molecule has 1 atom stereocenters. The minimum absolute atomic E-state index is 0.0147. The second-order valence-electron chi connectivity index (χ2n) is 4.60. The van der Waals surface area contributed by atoms with Crippen LogP contribution in [0.2, 0.25) is 0 Å². The monoisotopic (exact) mass is 175 g/mol. The van der Waals surface area contributed by atoms with Crippen molar-refractivity contribution >= 4 is 0 Å². The molecule has 0 saturated carbocycles. The number of aryl methyl sites for hydroxylation is 2. The fourth-order valence-corrected chi connectivity index (χ4v) is 2.11. The molecule has 0 saturated heterocycles. The molecule has 2 N–H and O–H groups in total. The van der Waals surface area contributed by atoms with Crippen LogP contribution in [0.15, 0.2) is 18.2 Å². The van der Waals surface area contributed by atoms with Crippen LogP contribution >= 0.6 is 0 Å². The fourth-order valence-electron chi connectivity index (χ4n) is 2.11. The molecule has 0 radical (unpaired) electrons. The Morgan fingerprint density at radius 3 is 2.85 bits per heavy atom. The first-order valence-corrected chi connectivity index (χ1v) is 4.94. The largest absolute Gasteiger partial charge is 0.325 e. The summed E-state index contributed by atoms with van der Waals surface area (Å²) in [5, 5.41) is 0. The SMILES string of the molecule is Cc1ccc2c(c1)CC(C)(N)CC2. The predicted molar refractivity (Wildman–Crippen MR) is 55.8 cm³/mol. The van der Waals surface area contributed by atoms with Crippen molar-refractivity contribution in [3.05, 3.63) is 34.9 Å². The molecule has 0 amide bonds. The van der Waals surface area contributed by atoms with Gasteiger partial charge in [-0.15, -0.1) is 0 Å². The van der Waals surface area contributed by atoms with Crippen molar-refractivity contribution in [2.45, 2.75) is 38.6 Å². The molecule has 70 valence electrons. The zero-order chi connectivity index (χ0) is 9.47. The Kier molecular flexibility index (Phi) is 1.92. The van der Waals surface area contributed by atoms with Crippen molar-refractivity contribution in [1.82, 2.24) is 0 Å². The number of hydrogen-bond acceptors (Lipinski definition) is 1. The first-order valence-electron chi connectivity index (χ1n) is 4.94. The second-order valence-corrected chi connectivity index (χ2v) is 4.60. The molecular weight excluding hydrogens is 158 g/mol. The van der Waals surface area contributed by atoms with Gasteiger partial charge >= 0.3 is 0 Å². The molecule has 0 aromatic heterocycles. The molecule has 1 aliphatic rings. The van der Waals surface area contributed by atoms with Gasteiger partial charge in [0.05, 0.1) is 0 Å². The summed E-state index contributed by atoms with van der Waals surface area (Å²) in [4.78, 5) is 0. The molecule has 2 rings (SSSR count). The standard InChI is InChI=1S/C12H17N/c1-9-3-4-10-5-6-12(2,13)8-11(10)7-9/h3-4,7H,5-6,8,13H2,1-2H3. The molecule has 1 aliphatic carbocycles. The van der Waals surface area contributed by atoms with Crippen LogP contribution in [0.1, 0.15) is 30.0 Å². The average molecular weight is 175 g/mol. The number of rotatable bonds is 0. The van der Waals surface area contributed by atoms with E-state index in [0.717, 1.165) is 19.3 Å². The van der Waals surface area contributed by atoms with Crippen molar-refractivity contribution in [2.24, 2.45) is 5.73 Å². The maximum absolute atomic E-state index is 6.14. The van der Waals surface area contributed by atoms with Crippen molar-refractivity contribution in [3.63, 3.8) is 0 Å². The van der Waals surface area contributed by atoms with Crippen molar-refractivity contribution in [3.8, 4) is 0 Å². The minimum atomic E-state index is 0.0147. The summed E-state index contributed by atoms with van der Waals surface area (Å²) in [5.41, 5.74) is 10.5.